The van der Waals surface area contributed by atoms with E-state index in [1.54, 1.807) is 60.7 Å². The molecule has 0 saturated carbocycles. The van der Waals surface area contributed by atoms with Gasteiger partial charge >= 0.3 is 6.18 Å². The Balaban J connectivity index is 1.41. The number of aromatic nitrogens is 2. The topological polar surface area (TPSA) is 9.86 Å². The van der Waals surface area contributed by atoms with Gasteiger partial charge in [-0.1, -0.05) is 121 Å². The van der Waals surface area contributed by atoms with Crippen molar-refractivity contribution >= 4 is 43.6 Å². The first-order valence-electron chi connectivity index (χ1n) is 18.3. The maximum Gasteiger partial charge on any atom is 0.420 e. The van der Waals surface area contributed by atoms with E-state index in [0.29, 0.717) is 43.6 Å². The number of nitrogens with zero attached hydrogens (tertiary/aromatic N) is 2. The maximum atomic E-state index is 16.3. The molecule has 2 heterocycles. The molecule has 10 aromatic rings. The fraction of sp³-hybridized carbons (Fsp3) is 0.0204. The first kappa shape index (κ1) is 35.3. The Labute approximate surface area is 326 Å². The minimum atomic E-state index is -5.07. The second-order valence-electron chi connectivity index (χ2n) is 14.1. The fourth-order valence-corrected chi connectivity index (χ4v) is 8.31. The van der Waals surface area contributed by atoms with E-state index in [1.807, 2.05) is 84.9 Å². The molecule has 0 fully saturated rings. The predicted octanol–water partition coefficient (Wildman–Crippen LogP) is 14.5. The predicted molar refractivity (Wildman–Crippen MR) is 216 cm³/mol. The van der Waals surface area contributed by atoms with Crippen LogP contribution in [0.25, 0.3) is 88.4 Å². The highest BCUT2D eigenvalue weighted by Crippen LogP contribution is 2.47. The van der Waals surface area contributed by atoms with E-state index in [2.05, 4.69) is 0 Å². The van der Waals surface area contributed by atoms with Crippen LogP contribution < -0.4 is 0 Å². The number of fused-ring (bicyclic) bond motifs is 6. The number of hydrogen-bond donors (Lipinski definition) is 0. The first-order valence-corrected chi connectivity index (χ1v) is 18.3. The van der Waals surface area contributed by atoms with Crippen LogP contribution in [0.3, 0.4) is 0 Å². The standard InChI is InChI=1S/C49H27F7N2/c50-37-27-38(51)47(52)48(53)45(37)32-25-43(57-39-17-9-7-15-33(39)35-21-19-30(23-41(35)57)28-11-3-1-4-12-28)46(49(54,55)56)44(26-32)58-40-18-10-8-16-34(40)36-22-20-31(24-42(36)58)29-13-5-2-6-14-29/h1-27H. The van der Waals surface area contributed by atoms with Crippen molar-refractivity contribution in [1.82, 2.24) is 9.13 Å². The molecule has 9 heteroatoms. The van der Waals surface area contributed by atoms with Crippen LogP contribution in [0.2, 0.25) is 0 Å². The molecule has 0 unspecified atom stereocenters. The average Bonchev–Trinajstić information content (AvgIpc) is 3.75. The second-order valence-corrected chi connectivity index (χ2v) is 14.1. The van der Waals surface area contributed by atoms with Crippen LogP contribution in [0.4, 0.5) is 30.7 Å². The van der Waals surface area contributed by atoms with Gasteiger partial charge in [0.1, 0.15) is 11.4 Å². The van der Waals surface area contributed by atoms with Gasteiger partial charge in [0.2, 0.25) is 0 Å². The third-order valence-corrected chi connectivity index (χ3v) is 10.8. The molecule has 0 bridgehead atoms. The normalized spacial score (nSPS) is 12.1. The molecule has 0 aliphatic carbocycles. The summed E-state index contributed by atoms with van der Waals surface area (Å²) >= 11 is 0. The molecule has 10 rings (SSSR count). The van der Waals surface area contributed by atoms with Crippen LogP contribution in [0.5, 0.6) is 0 Å². The van der Waals surface area contributed by atoms with Crippen molar-refractivity contribution in [3.63, 3.8) is 0 Å². The molecule has 8 aromatic carbocycles. The highest BCUT2D eigenvalue weighted by Gasteiger charge is 2.40. The monoisotopic (exact) mass is 776 g/mol. The molecular weight excluding hydrogens is 750 g/mol. The van der Waals surface area contributed by atoms with Crippen LogP contribution in [-0.4, -0.2) is 9.13 Å². The Morgan fingerprint density at radius 1 is 0.345 bits per heavy atom. The smallest absolute Gasteiger partial charge is 0.309 e. The molecule has 0 aliphatic heterocycles. The maximum absolute atomic E-state index is 16.3. The number of para-hydroxylation sites is 2. The van der Waals surface area contributed by atoms with Crippen LogP contribution >= 0.6 is 0 Å². The number of rotatable bonds is 5. The van der Waals surface area contributed by atoms with Crippen molar-refractivity contribution in [3.8, 4) is 44.8 Å². The Hall–Kier alpha value is -7.13. The van der Waals surface area contributed by atoms with Gasteiger partial charge in [0.15, 0.2) is 17.5 Å². The van der Waals surface area contributed by atoms with Gasteiger partial charge in [0.05, 0.1) is 39.0 Å². The van der Waals surface area contributed by atoms with Gasteiger partial charge in [0.25, 0.3) is 0 Å². The molecule has 0 N–H and O–H groups in total. The van der Waals surface area contributed by atoms with E-state index >= 15 is 26.3 Å². The van der Waals surface area contributed by atoms with E-state index in [-0.39, 0.29) is 6.07 Å². The van der Waals surface area contributed by atoms with E-state index in [4.69, 9.17) is 0 Å². The second kappa shape index (κ2) is 13.2. The van der Waals surface area contributed by atoms with Crippen molar-refractivity contribution in [2.24, 2.45) is 0 Å². The zero-order valence-electron chi connectivity index (χ0n) is 30.1. The molecule has 0 aliphatic rings. The van der Waals surface area contributed by atoms with Gasteiger partial charge in [0, 0.05) is 27.6 Å². The highest BCUT2D eigenvalue weighted by atomic mass is 19.4. The van der Waals surface area contributed by atoms with Gasteiger partial charge in [-0.3, -0.25) is 0 Å². The lowest BCUT2D eigenvalue weighted by atomic mass is 9.97. The van der Waals surface area contributed by atoms with Crippen LogP contribution in [0.15, 0.2) is 164 Å². The summed E-state index contributed by atoms with van der Waals surface area (Å²) in [4.78, 5) is 0. The molecule has 0 atom stereocenters. The number of alkyl halides is 3. The number of hydrogen-bond acceptors (Lipinski definition) is 0. The molecule has 0 saturated heterocycles. The van der Waals surface area contributed by atoms with Crippen molar-refractivity contribution in [1.29, 1.82) is 0 Å². The quantitative estimate of drug-likeness (QED) is 0.0936. The fourth-order valence-electron chi connectivity index (χ4n) is 8.31. The summed E-state index contributed by atoms with van der Waals surface area (Å²) in [5.41, 5.74) is 1.13. The Bertz CT molecular complexity index is 3070. The van der Waals surface area contributed by atoms with Crippen LogP contribution in [0, 0.1) is 23.3 Å². The molecule has 58 heavy (non-hydrogen) atoms. The summed E-state index contributed by atoms with van der Waals surface area (Å²) < 4.78 is 113. The van der Waals surface area contributed by atoms with Crippen molar-refractivity contribution in [2.45, 2.75) is 6.18 Å². The molecule has 0 amide bonds. The summed E-state index contributed by atoms with van der Waals surface area (Å²) in [6, 6.07) is 45.8. The van der Waals surface area contributed by atoms with Gasteiger partial charge < -0.3 is 9.13 Å². The van der Waals surface area contributed by atoms with Gasteiger partial charge in [-0.05, 0) is 64.2 Å². The molecule has 2 nitrogen and oxygen atoms in total. The van der Waals surface area contributed by atoms with E-state index in [0.717, 1.165) is 34.4 Å². The summed E-state index contributed by atoms with van der Waals surface area (Å²) in [5.74, 6) is -7.06. The van der Waals surface area contributed by atoms with E-state index in [1.165, 1.54) is 9.13 Å². The zero-order valence-corrected chi connectivity index (χ0v) is 30.1. The average molecular weight is 777 g/mol. The molecule has 282 valence electrons. The van der Waals surface area contributed by atoms with Gasteiger partial charge in [-0.2, -0.15) is 13.2 Å². The lowest BCUT2D eigenvalue weighted by Gasteiger charge is -2.23. The minimum absolute atomic E-state index is 0.198. The summed E-state index contributed by atoms with van der Waals surface area (Å²) in [6.07, 6.45) is -5.07. The van der Waals surface area contributed by atoms with E-state index < -0.39 is 57.5 Å². The third-order valence-electron chi connectivity index (χ3n) is 10.8. The Morgan fingerprint density at radius 3 is 1.24 bits per heavy atom. The van der Waals surface area contributed by atoms with Crippen molar-refractivity contribution < 1.29 is 30.7 Å². The van der Waals surface area contributed by atoms with Crippen LogP contribution in [0.1, 0.15) is 5.56 Å². The third kappa shape index (κ3) is 5.49. The molecule has 0 spiro atoms. The lowest BCUT2D eigenvalue weighted by Crippen LogP contribution is -2.16. The summed E-state index contributed by atoms with van der Waals surface area (Å²) in [5, 5.41) is 2.52. The van der Waals surface area contributed by atoms with E-state index in [9.17, 15) is 4.39 Å². The van der Waals surface area contributed by atoms with Crippen LogP contribution in [-0.2, 0) is 6.18 Å². The highest BCUT2D eigenvalue weighted by molar-refractivity contribution is 6.12. The SMILES string of the molecule is Fc1cc(F)c(-c2cc(-n3c4ccccc4c4ccc(-c5ccccc5)cc43)c(C(F)(F)F)c(-n3c4ccccc4c4ccc(-c5ccccc5)cc43)c2)c(F)c1F. The van der Waals surface area contributed by atoms with Crippen molar-refractivity contribution in [2.75, 3.05) is 0 Å². The first-order chi connectivity index (χ1) is 28.1. The number of benzene rings is 8. The lowest BCUT2D eigenvalue weighted by molar-refractivity contribution is -0.137. The van der Waals surface area contributed by atoms with Gasteiger partial charge in [-0.25, -0.2) is 17.6 Å². The minimum Gasteiger partial charge on any atom is -0.309 e. The molecular formula is C49H27F7N2. The summed E-state index contributed by atoms with van der Waals surface area (Å²) in [6.45, 7) is 0. The number of halogens is 7. The largest absolute Gasteiger partial charge is 0.420 e. The van der Waals surface area contributed by atoms with Gasteiger partial charge in [-0.15, -0.1) is 0 Å². The van der Waals surface area contributed by atoms with Crippen molar-refractivity contribution in [3.05, 3.63) is 193 Å². The Kier molecular flexibility index (Phi) is 8.05. The Morgan fingerprint density at radius 2 is 0.776 bits per heavy atom. The zero-order chi connectivity index (χ0) is 39.9. The molecule has 0 radical (unpaired) electrons. The molecule has 2 aromatic heterocycles. The summed E-state index contributed by atoms with van der Waals surface area (Å²) in [7, 11) is 0.